The minimum Gasteiger partial charge on any atom is -0.489 e. The first-order valence-electron chi connectivity index (χ1n) is 6.60. The molecule has 0 heterocycles. The number of para-hydroxylation sites is 1. The molecule has 0 unspecified atom stereocenters. The number of aliphatic hydroxyl groups is 1. The first-order chi connectivity index (χ1) is 8.54. The summed E-state index contributed by atoms with van der Waals surface area (Å²) in [4.78, 5) is 0. The molecule has 1 aromatic carbocycles. The molecule has 0 aliphatic rings. The predicted octanol–water partition coefficient (Wildman–Crippen LogP) is 3.02. The Morgan fingerprint density at radius 1 is 1.21 bits per heavy atom. The number of anilines is 2. The lowest BCUT2D eigenvalue weighted by atomic mass is 9.85. The van der Waals surface area contributed by atoms with Gasteiger partial charge in [0, 0.05) is 0 Å². The summed E-state index contributed by atoms with van der Waals surface area (Å²) in [6.45, 7) is 11.3. The number of rotatable bonds is 5. The van der Waals surface area contributed by atoms with Crippen molar-refractivity contribution in [1.29, 1.82) is 0 Å². The highest BCUT2D eigenvalue weighted by Gasteiger charge is 2.35. The minimum atomic E-state index is -0.881. The molecule has 1 aromatic rings. The number of nitrogen functional groups attached to an aromatic ring is 1. The van der Waals surface area contributed by atoms with Gasteiger partial charge in [-0.25, -0.2) is 0 Å². The van der Waals surface area contributed by atoms with E-state index in [4.69, 9.17) is 10.5 Å². The molecule has 4 heteroatoms. The van der Waals surface area contributed by atoms with E-state index in [-0.39, 0.29) is 6.10 Å². The van der Waals surface area contributed by atoms with Gasteiger partial charge in [-0.1, -0.05) is 6.07 Å². The Morgan fingerprint density at radius 3 is 2.26 bits per heavy atom. The van der Waals surface area contributed by atoms with Crippen LogP contribution in [0.15, 0.2) is 18.2 Å². The van der Waals surface area contributed by atoms with Gasteiger partial charge in [-0.3, -0.25) is 0 Å². The Morgan fingerprint density at radius 2 is 1.79 bits per heavy atom. The van der Waals surface area contributed by atoms with E-state index in [0.717, 1.165) is 5.69 Å². The second-order valence-electron chi connectivity index (χ2n) is 6.19. The van der Waals surface area contributed by atoms with Crippen LogP contribution < -0.4 is 15.8 Å². The van der Waals surface area contributed by atoms with Crippen LogP contribution in [-0.4, -0.2) is 22.4 Å². The van der Waals surface area contributed by atoms with Crippen molar-refractivity contribution in [2.24, 2.45) is 0 Å². The van der Waals surface area contributed by atoms with Crippen LogP contribution >= 0.6 is 0 Å². The van der Waals surface area contributed by atoms with Crippen molar-refractivity contribution in [3.63, 3.8) is 0 Å². The summed E-state index contributed by atoms with van der Waals surface area (Å²) in [6, 6.07) is 5.62. The van der Waals surface area contributed by atoms with Crippen LogP contribution in [0.1, 0.15) is 41.5 Å². The third-order valence-electron chi connectivity index (χ3n) is 3.41. The van der Waals surface area contributed by atoms with Gasteiger partial charge in [0.05, 0.1) is 28.6 Å². The lowest BCUT2D eigenvalue weighted by Crippen LogP contribution is -2.51. The number of ether oxygens (including phenoxy) is 1. The molecule has 0 fully saturated rings. The molecule has 0 saturated heterocycles. The molecule has 0 saturated carbocycles. The van der Waals surface area contributed by atoms with Crippen molar-refractivity contribution < 1.29 is 9.84 Å². The van der Waals surface area contributed by atoms with Crippen LogP contribution in [0.3, 0.4) is 0 Å². The highest BCUT2D eigenvalue weighted by atomic mass is 16.5. The van der Waals surface area contributed by atoms with Crippen molar-refractivity contribution in [3.05, 3.63) is 18.2 Å². The first kappa shape index (κ1) is 15.6. The Labute approximate surface area is 116 Å². The molecule has 4 nitrogen and oxygen atoms in total. The molecular weight excluding hydrogens is 240 g/mol. The smallest absolute Gasteiger partial charge is 0.144 e. The van der Waals surface area contributed by atoms with Gasteiger partial charge in [-0.15, -0.1) is 0 Å². The van der Waals surface area contributed by atoms with Crippen LogP contribution in [0, 0.1) is 0 Å². The largest absolute Gasteiger partial charge is 0.489 e. The number of hydrogen-bond donors (Lipinski definition) is 3. The maximum absolute atomic E-state index is 10.2. The van der Waals surface area contributed by atoms with Gasteiger partial charge in [0.25, 0.3) is 0 Å². The Hall–Kier alpha value is -1.42. The van der Waals surface area contributed by atoms with E-state index in [2.05, 4.69) is 5.32 Å². The summed E-state index contributed by atoms with van der Waals surface area (Å²) in [7, 11) is 0. The van der Waals surface area contributed by atoms with Gasteiger partial charge >= 0.3 is 0 Å². The topological polar surface area (TPSA) is 67.5 Å². The van der Waals surface area contributed by atoms with E-state index in [1.54, 1.807) is 13.8 Å². The molecule has 4 N–H and O–H groups in total. The molecule has 19 heavy (non-hydrogen) atoms. The summed E-state index contributed by atoms with van der Waals surface area (Å²) in [5, 5.41) is 13.5. The second kappa shape index (κ2) is 5.29. The van der Waals surface area contributed by atoms with Gasteiger partial charge in [-0.05, 0) is 53.7 Å². The summed E-state index contributed by atoms with van der Waals surface area (Å²) >= 11 is 0. The maximum Gasteiger partial charge on any atom is 0.144 e. The molecule has 0 aromatic heterocycles. The normalized spacial score (nSPS) is 12.6. The zero-order valence-corrected chi connectivity index (χ0v) is 12.7. The molecule has 108 valence electrons. The summed E-state index contributed by atoms with van der Waals surface area (Å²) in [6.07, 6.45) is 0.0693. The minimum absolute atomic E-state index is 0.0693. The van der Waals surface area contributed by atoms with Crippen LogP contribution in [-0.2, 0) is 0 Å². The number of nitrogens with two attached hydrogens (primary N) is 1. The average Bonchev–Trinajstić information content (AvgIpc) is 2.21. The van der Waals surface area contributed by atoms with Crippen molar-refractivity contribution in [2.45, 2.75) is 58.8 Å². The number of hydrogen-bond acceptors (Lipinski definition) is 4. The fourth-order valence-corrected chi connectivity index (χ4v) is 1.50. The van der Waals surface area contributed by atoms with Crippen molar-refractivity contribution in [3.8, 4) is 5.75 Å². The molecule has 0 aliphatic heterocycles. The van der Waals surface area contributed by atoms with Gasteiger partial charge < -0.3 is 20.9 Å². The summed E-state index contributed by atoms with van der Waals surface area (Å²) in [5.74, 6) is 0.659. The van der Waals surface area contributed by atoms with Crippen molar-refractivity contribution >= 4 is 11.4 Å². The Kier molecular flexibility index (Phi) is 4.35. The van der Waals surface area contributed by atoms with Crippen LogP contribution in [0.25, 0.3) is 0 Å². The summed E-state index contributed by atoms with van der Waals surface area (Å²) < 4.78 is 5.66. The monoisotopic (exact) mass is 266 g/mol. The molecule has 0 atom stereocenters. The predicted molar refractivity (Wildman–Crippen MR) is 80.6 cm³/mol. The van der Waals surface area contributed by atoms with Crippen molar-refractivity contribution in [2.75, 3.05) is 11.1 Å². The zero-order chi connectivity index (χ0) is 14.8. The van der Waals surface area contributed by atoms with E-state index in [1.165, 1.54) is 0 Å². The highest BCUT2D eigenvalue weighted by Crippen LogP contribution is 2.34. The van der Waals surface area contributed by atoms with Crippen LogP contribution in [0.2, 0.25) is 0 Å². The molecular formula is C15H26N2O2. The molecule has 1 rings (SSSR count). The SMILES string of the molecule is CC(C)Oc1cccc(NC(C)(C)C(C)(C)O)c1N. The summed E-state index contributed by atoms with van der Waals surface area (Å²) in [5.41, 5.74) is 6.05. The molecule has 0 radical (unpaired) electrons. The molecule has 0 amide bonds. The lowest BCUT2D eigenvalue weighted by Gasteiger charge is -2.39. The quantitative estimate of drug-likeness (QED) is 0.717. The van der Waals surface area contributed by atoms with Crippen LogP contribution in [0.4, 0.5) is 11.4 Å². The molecule has 0 bridgehead atoms. The third-order valence-corrected chi connectivity index (χ3v) is 3.41. The standard InChI is InChI=1S/C15H26N2O2/c1-10(2)19-12-9-7-8-11(13(12)16)17-14(3,4)15(5,6)18/h7-10,17-18H,16H2,1-6H3. The third kappa shape index (κ3) is 3.77. The fourth-order valence-electron chi connectivity index (χ4n) is 1.50. The zero-order valence-electron chi connectivity index (χ0n) is 12.7. The van der Waals surface area contributed by atoms with E-state index < -0.39 is 11.1 Å². The van der Waals surface area contributed by atoms with Gasteiger partial charge in [0.1, 0.15) is 5.75 Å². The number of benzene rings is 1. The van der Waals surface area contributed by atoms with Crippen molar-refractivity contribution in [1.82, 2.24) is 0 Å². The average molecular weight is 266 g/mol. The maximum atomic E-state index is 10.2. The molecule has 0 spiro atoms. The van der Waals surface area contributed by atoms with Gasteiger partial charge in [0.15, 0.2) is 0 Å². The van der Waals surface area contributed by atoms with E-state index in [1.807, 2.05) is 45.9 Å². The van der Waals surface area contributed by atoms with Gasteiger partial charge in [-0.2, -0.15) is 0 Å². The lowest BCUT2D eigenvalue weighted by molar-refractivity contribution is 0.0240. The van der Waals surface area contributed by atoms with Crippen LogP contribution in [0.5, 0.6) is 5.75 Å². The van der Waals surface area contributed by atoms with E-state index >= 15 is 0 Å². The Bertz CT molecular complexity index is 434. The fraction of sp³-hybridized carbons (Fsp3) is 0.600. The first-order valence-corrected chi connectivity index (χ1v) is 6.60. The second-order valence-corrected chi connectivity index (χ2v) is 6.19. The number of nitrogens with one attached hydrogen (secondary N) is 1. The Balaban J connectivity index is 3.03. The van der Waals surface area contributed by atoms with Gasteiger partial charge in [0.2, 0.25) is 0 Å². The molecule has 0 aliphatic carbocycles. The van der Waals surface area contributed by atoms with E-state index in [9.17, 15) is 5.11 Å². The highest BCUT2D eigenvalue weighted by molar-refractivity contribution is 5.73. The van der Waals surface area contributed by atoms with E-state index in [0.29, 0.717) is 11.4 Å².